The first-order valence-electron chi connectivity index (χ1n) is 8.24. The van der Waals surface area contributed by atoms with Crippen molar-refractivity contribution in [2.45, 2.75) is 12.8 Å². The number of rotatable bonds is 3. The van der Waals surface area contributed by atoms with Crippen LogP contribution in [0.5, 0.6) is 0 Å². The fourth-order valence-corrected chi connectivity index (χ4v) is 3.00. The van der Waals surface area contributed by atoms with Crippen molar-refractivity contribution in [3.05, 3.63) is 53.6 Å². The Hall–Kier alpha value is -3.02. The largest absolute Gasteiger partial charge is 0.378 e. The summed E-state index contributed by atoms with van der Waals surface area (Å²) >= 11 is 0. The summed E-state index contributed by atoms with van der Waals surface area (Å²) in [5.74, 6) is -0.188. The number of hydrogen-bond acceptors (Lipinski definition) is 3. The molecule has 2 aromatic rings. The van der Waals surface area contributed by atoms with Crippen molar-refractivity contribution in [2.24, 2.45) is 5.73 Å². The van der Waals surface area contributed by atoms with Gasteiger partial charge in [-0.1, -0.05) is 6.07 Å². The van der Waals surface area contributed by atoms with E-state index in [1.807, 2.05) is 49.3 Å². The summed E-state index contributed by atoms with van der Waals surface area (Å²) in [4.78, 5) is 27.6. The maximum Gasteiger partial charge on any atom is 0.319 e. The Morgan fingerprint density at radius 2 is 1.84 bits per heavy atom. The molecule has 1 aliphatic heterocycles. The van der Waals surface area contributed by atoms with Crippen molar-refractivity contribution in [1.29, 1.82) is 0 Å². The molecule has 1 aliphatic rings. The van der Waals surface area contributed by atoms with Crippen LogP contribution < -0.4 is 20.9 Å². The summed E-state index contributed by atoms with van der Waals surface area (Å²) in [6.07, 6.45) is 1.79. The first kappa shape index (κ1) is 16.8. The molecule has 6 nitrogen and oxygen atoms in total. The molecule has 2 aromatic carbocycles. The van der Waals surface area contributed by atoms with Gasteiger partial charge >= 0.3 is 6.03 Å². The molecule has 0 bridgehead atoms. The number of hydrogen-bond donors (Lipinski definition) is 2. The van der Waals surface area contributed by atoms with Crippen LogP contribution in [-0.4, -0.2) is 32.6 Å². The molecule has 1 heterocycles. The minimum absolute atomic E-state index is 0.188. The normalized spacial score (nSPS) is 13.1. The van der Waals surface area contributed by atoms with Gasteiger partial charge in [0, 0.05) is 37.6 Å². The molecule has 6 heteroatoms. The predicted octanol–water partition coefficient (Wildman–Crippen LogP) is 2.84. The van der Waals surface area contributed by atoms with E-state index in [0.29, 0.717) is 17.8 Å². The van der Waals surface area contributed by atoms with Crippen molar-refractivity contribution >= 4 is 29.0 Å². The van der Waals surface area contributed by atoms with E-state index < -0.39 is 6.03 Å². The molecule has 3 amide bonds. The van der Waals surface area contributed by atoms with Gasteiger partial charge in [0.05, 0.1) is 5.69 Å². The molecule has 25 heavy (non-hydrogen) atoms. The molecular formula is C19H22N4O2. The molecule has 0 atom stereocenters. The van der Waals surface area contributed by atoms with Gasteiger partial charge in [-0.2, -0.15) is 0 Å². The average Bonchev–Trinajstić information content (AvgIpc) is 2.61. The number of nitrogens with zero attached hydrogens (tertiary/aromatic N) is 2. The molecule has 0 radical (unpaired) electrons. The highest BCUT2D eigenvalue weighted by Gasteiger charge is 2.21. The number of primary amides is 1. The molecule has 0 aliphatic carbocycles. The quantitative estimate of drug-likeness (QED) is 0.903. The van der Waals surface area contributed by atoms with Crippen molar-refractivity contribution in [1.82, 2.24) is 0 Å². The summed E-state index contributed by atoms with van der Waals surface area (Å²) in [6.45, 7) is 0.603. The molecule has 130 valence electrons. The van der Waals surface area contributed by atoms with E-state index in [-0.39, 0.29) is 5.91 Å². The molecule has 0 saturated carbocycles. The predicted molar refractivity (Wildman–Crippen MR) is 100 cm³/mol. The minimum atomic E-state index is -0.469. The van der Waals surface area contributed by atoms with Crippen LogP contribution in [0.3, 0.4) is 0 Å². The van der Waals surface area contributed by atoms with Crippen LogP contribution >= 0.6 is 0 Å². The SMILES string of the molecule is CN(C)c1ccc(C(=O)Nc2ccc3c(c2)N(C(N)=O)CCC3)cc1. The van der Waals surface area contributed by atoms with Crippen molar-refractivity contribution in [2.75, 3.05) is 35.8 Å². The third kappa shape index (κ3) is 3.57. The molecule has 0 fully saturated rings. The van der Waals surface area contributed by atoms with Crippen LogP contribution in [0.2, 0.25) is 0 Å². The number of amides is 3. The highest BCUT2D eigenvalue weighted by Crippen LogP contribution is 2.30. The number of benzene rings is 2. The van der Waals surface area contributed by atoms with E-state index in [1.165, 1.54) is 0 Å². The number of carbonyl (C=O) groups is 2. The van der Waals surface area contributed by atoms with Gasteiger partial charge in [-0.3, -0.25) is 9.69 Å². The van der Waals surface area contributed by atoms with Crippen molar-refractivity contribution in [3.63, 3.8) is 0 Å². The Labute approximate surface area is 147 Å². The smallest absolute Gasteiger partial charge is 0.319 e. The van der Waals surface area contributed by atoms with E-state index in [9.17, 15) is 9.59 Å². The summed E-state index contributed by atoms with van der Waals surface area (Å²) < 4.78 is 0. The zero-order chi connectivity index (χ0) is 18.0. The van der Waals surface area contributed by atoms with Crippen molar-refractivity contribution in [3.8, 4) is 0 Å². The number of aryl methyl sites for hydroxylation is 1. The van der Waals surface area contributed by atoms with Crippen LogP contribution in [0.15, 0.2) is 42.5 Å². The number of urea groups is 1. The molecule has 3 rings (SSSR count). The summed E-state index contributed by atoms with van der Waals surface area (Å²) in [7, 11) is 3.90. The minimum Gasteiger partial charge on any atom is -0.378 e. The van der Waals surface area contributed by atoms with Gasteiger partial charge in [-0.25, -0.2) is 4.79 Å². The molecule has 0 spiro atoms. The van der Waals surface area contributed by atoms with Gasteiger partial charge in [0.15, 0.2) is 0 Å². The van der Waals surface area contributed by atoms with Crippen LogP contribution in [0, 0.1) is 0 Å². The van der Waals surface area contributed by atoms with Gasteiger partial charge in [0.1, 0.15) is 0 Å². The topological polar surface area (TPSA) is 78.7 Å². The molecule has 0 saturated heterocycles. The lowest BCUT2D eigenvalue weighted by molar-refractivity contribution is 0.102. The van der Waals surface area contributed by atoms with Crippen LogP contribution in [0.1, 0.15) is 22.3 Å². The summed E-state index contributed by atoms with van der Waals surface area (Å²) in [6, 6.07) is 12.5. The average molecular weight is 338 g/mol. The number of anilines is 3. The lowest BCUT2D eigenvalue weighted by atomic mass is 10.0. The maximum absolute atomic E-state index is 12.4. The number of carbonyl (C=O) groups excluding carboxylic acids is 2. The molecule has 0 aromatic heterocycles. The summed E-state index contributed by atoms with van der Waals surface area (Å²) in [5.41, 5.74) is 9.56. The Balaban J connectivity index is 1.80. The molecule has 3 N–H and O–H groups in total. The Bertz CT molecular complexity index is 800. The van der Waals surface area contributed by atoms with E-state index in [2.05, 4.69) is 5.32 Å². The zero-order valence-electron chi connectivity index (χ0n) is 14.5. The first-order chi connectivity index (χ1) is 12.0. The van der Waals surface area contributed by atoms with E-state index in [4.69, 9.17) is 5.73 Å². The maximum atomic E-state index is 12.4. The fraction of sp³-hybridized carbons (Fsp3) is 0.263. The second-order valence-electron chi connectivity index (χ2n) is 6.33. The molecular weight excluding hydrogens is 316 g/mol. The Kier molecular flexibility index (Phi) is 4.61. The lowest BCUT2D eigenvalue weighted by Crippen LogP contribution is -2.39. The van der Waals surface area contributed by atoms with E-state index >= 15 is 0 Å². The van der Waals surface area contributed by atoms with Crippen molar-refractivity contribution < 1.29 is 9.59 Å². The van der Waals surface area contributed by atoms with Crippen LogP contribution in [-0.2, 0) is 6.42 Å². The lowest BCUT2D eigenvalue weighted by Gasteiger charge is -2.28. The van der Waals surface area contributed by atoms with Gasteiger partial charge in [0.2, 0.25) is 0 Å². The highest BCUT2D eigenvalue weighted by molar-refractivity contribution is 6.05. The third-order valence-electron chi connectivity index (χ3n) is 4.37. The second-order valence-corrected chi connectivity index (χ2v) is 6.33. The standard InChI is InChI=1S/C19H22N4O2/c1-22(2)16-9-6-14(7-10-16)18(24)21-15-8-5-13-4-3-11-23(19(20)25)17(13)12-15/h5-10,12H,3-4,11H2,1-2H3,(H2,20,25)(H,21,24). The molecule has 0 unspecified atom stereocenters. The highest BCUT2D eigenvalue weighted by atomic mass is 16.2. The van der Waals surface area contributed by atoms with Gasteiger partial charge in [-0.15, -0.1) is 0 Å². The Morgan fingerprint density at radius 3 is 2.48 bits per heavy atom. The second kappa shape index (κ2) is 6.84. The third-order valence-corrected chi connectivity index (χ3v) is 4.37. The number of nitrogens with two attached hydrogens (primary N) is 1. The zero-order valence-corrected chi connectivity index (χ0v) is 14.5. The monoisotopic (exact) mass is 338 g/mol. The van der Waals surface area contributed by atoms with Gasteiger partial charge in [0.25, 0.3) is 5.91 Å². The van der Waals surface area contributed by atoms with Gasteiger partial charge in [-0.05, 0) is 54.8 Å². The van der Waals surface area contributed by atoms with E-state index in [0.717, 1.165) is 29.8 Å². The fourth-order valence-electron chi connectivity index (χ4n) is 3.00. The first-order valence-corrected chi connectivity index (χ1v) is 8.24. The van der Waals surface area contributed by atoms with Crippen LogP contribution in [0.25, 0.3) is 0 Å². The summed E-state index contributed by atoms with van der Waals surface area (Å²) in [5, 5.41) is 2.89. The van der Waals surface area contributed by atoms with Gasteiger partial charge < -0.3 is 16.0 Å². The number of fused-ring (bicyclic) bond motifs is 1. The Morgan fingerprint density at radius 1 is 1.12 bits per heavy atom. The number of nitrogens with one attached hydrogen (secondary N) is 1. The van der Waals surface area contributed by atoms with Crippen LogP contribution in [0.4, 0.5) is 21.9 Å². The van der Waals surface area contributed by atoms with E-state index in [1.54, 1.807) is 17.0 Å².